The molecule has 2 aromatic rings. The minimum atomic E-state index is 0.254. The van der Waals surface area contributed by atoms with Crippen LogP contribution in [0.2, 0.25) is 0 Å². The van der Waals surface area contributed by atoms with Crippen LogP contribution in [0, 0.1) is 13.8 Å². The van der Waals surface area contributed by atoms with E-state index in [0.29, 0.717) is 5.92 Å². The van der Waals surface area contributed by atoms with E-state index in [1.165, 1.54) is 22.5 Å². The molecule has 3 rings (SSSR count). The summed E-state index contributed by atoms with van der Waals surface area (Å²) in [5.41, 5.74) is 11.0. The SMILES string of the molecule is Cc1ccc(-c2cn3c(n2)C(C)CC(N)C3)cc1C. The first-order valence-corrected chi connectivity index (χ1v) is 6.95. The molecule has 0 bridgehead atoms. The molecule has 2 heterocycles. The number of nitrogens with two attached hydrogens (primary N) is 1. The molecule has 19 heavy (non-hydrogen) atoms. The monoisotopic (exact) mass is 255 g/mol. The largest absolute Gasteiger partial charge is 0.332 e. The summed E-state index contributed by atoms with van der Waals surface area (Å²) in [7, 11) is 0. The van der Waals surface area contributed by atoms with Gasteiger partial charge in [-0.05, 0) is 37.5 Å². The van der Waals surface area contributed by atoms with Crippen LogP contribution in [-0.2, 0) is 6.54 Å². The van der Waals surface area contributed by atoms with E-state index >= 15 is 0 Å². The Balaban J connectivity index is 2.03. The van der Waals surface area contributed by atoms with Gasteiger partial charge in [-0.15, -0.1) is 0 Å². The van der Waals surface area contributed by atoms with Crippen molar-refractivity contribution in [3.05, 3.63) is 41.3 Å². The van der Waals surface area contributed by atoms with Gasteiger partial charge in [0, 0.05) is 30.3 Å². The zero-order valence-corrected chi connectivity index (χ0v) is 11.9. The van der Waals surface area contributed by atoms with Crippen molar-refractivity contribution >= 4 is 0 Å². The highest BCUT2D eigenvalue weighted by molar-refractivity contribution is 5.60. The van der Waals surface area contributed by atoms with Crippen molar-refractivity contribution in [2.75, 3.05) is 0 Å². The van der Waals surface area contributed by atoms with Crippen LogP contribution in [-0.4, -0.2) is 15.6 Å². The molecule has 2 atom stereocenters. The van der Waals surface area contributed by atoms with Crippen LogP contribution in [0.1, 0.15) is 36.2 Å². The Morgan fingerprint density at radius 1 is 1.26 bits per heavy atom. The van der Waals surface area contributed by atoms with E-state index in [1.807, 2.05) is 0 Å². The van der Waals surface area contributed by atoms with Crippen molar-refractivity contribution < 1.29 is 0 Å². The van der Waals surface area contributed by atoms with Gasteiger partial charge in [-0.1, -0.05) is 19.1 Å². The molecule has 1 aliphatic rings. The van der Waals surface area contributed by atoms with Crippen molar-refractivity contribution in [1.29, 1.82) is 0 Å². The fourth-order valence-corrected chi connectivity index (χ4v) is 2.90. The molecule has 0 saturated carbocycles. The lowest BCUT2D eigenvalue weighted by Gasteiger charge is -2.25. The number of aryl methyl sites for hydroxylation is 2. The Bertz CT molecular complexity index is 612. The maximum atomic E-state index is 6.08. The van der Waals surface area contributed by atoms with Crippen LogP contribution in [0.3, 0.4) is 0 Å². The van der Waals surface area contributed by atoms with Crippen LogP contribution in [0.5, 0.6) is 0 Å². The zero-order valence-electron chi connectivity index (χ0n) is 11.9. The van der Waals surface area contributed by atoms with Crippen molar-refractivity contribution in [3.8, 4) is 11.3 Å². The molecule has 100 valence electrons. The second kappa shape index (κ2) is 4.49. The van der Waals surface area contributed by atoms with Gasteiger partial charge in [-0.25, -0.2) is 4.98 Å². The summed E-state index contributed by atoms with van der Waals surface area (Å²) in [6.45, 7) is 7.38. The number of aromatic nitrogens is 2. The van der Waals surface area contributed by atoms with E-state index in [9.17, 15) is 0 Å². The van der Waals surface area contributed by atoms with Gasteiger partial charge in [-0.2, -0.15) is 0 Å². The normalized spacial score (nSPS) is 22.3. The maximum absolute atomic E-state index is 6.08. The standard InChI is InChI=1S/C16H21N3/c1-10-4-5-13(6-11(10)2)15-9-19-8-14(17)7-12(3)16(19)18-15/h4-6,9,12,14H,7-8,17H2,1-3H3. The molecule has 1 aromatic heterocycles. The zero-order chi connectivity index (χ0) is 13.6. The van der Waals surface area contributed by atoms with Crippen molar-refractivity contribution in [2.45, 2.75) is 45.7 Å². The quantitative estimate of drug-likeness (QED) is 0.851. The van der Waals surface area contributed by atoms with Gasteiger partial charge in [-0.3, -0.25) is 0 Å². The molecule has 0 amide bonds. The van der Waals surface area contributed by atoms with Gasteiger partial charge in [0.05, 0.1) is 5.69 Å². The predicted molar refractivity (Wildman–Crippen MR) is 78.1 cm³/mol. The Kier molecular flexibility index (Phi) is 2.94. The third-order valence-electron chi connectivity index (χ3n) is 4.14. The number of rotatable bonds is 1. The smallest absolute Gasteiger partial charge is 0.112 e. The van der Waals surface area contributed by atoms with E-state index in [1.54, 1.807) is 0 Å². The summed E-state index contributed by atoms with van der Waals surface area (Å²) >= 11 is 0. The van der Waals surface area contributed by atoms with Crippen molar-refractivity contribution in [2.24, 2.45) is 5.73 Å². The highest BCUT2D eigenvalue weighted by Gasteiger charge is 2.24. The molecule has 0 fully saturated rings. The maximum Gasteiger partial charge on any atom is 0.112 e. The van der Waals surface area contributed by atoms with E-state index in [2.05, 4.69) is 49.7 Å². The molecule has 3 nitrogen and oxygen atoms in total. The second-order valence-electron chi connectivity index (χ2n) is 5.83. The third kappa shape index (κ3) is 2.19. The molecule has 0 aliphatic carbocycles. The predicted octanol–water partition coefficient (Wildman–Crippen LogP) is 3.00. The van der Waals surface area contributed by atoms with Crippen molar-refractivity contribution in [3.63, 3.8) is 0 Å². The number of hydrogen-bond acceptors (Lipinski definition) is 2. The number of imidazole rings is 1. The summed E-state index contributed by atoms with van der Waals surface area (Å²) in [5.74, 6) is 1.62. The fraction of sp³-hybridized carbons (Fsp3) is 0.438. The topological polar surface area (TPSA) is 43.8 Å². The Morgan fingerprint density at radius 3 is 2.79 bits per heavy atom. The molecular formula is C16H21N3. The molecule has 2 N–H and O–H groups in total. The van der Waals surface area contributed by atoms with Gasteiger partial charge >= 0.3 is 0 Å². The van der Waals surface area contributed by atoms with E-state index in [0.717, 1.165) is 18.7 Å². The van der Waals surface area contributed by atoms with Gasteiger partial charge in [0.25, 0.3) is 0 Å². The summed E-state index contributed by atoms with van der Waals surface area (Å²) in [4.78, 5) is 4.81. The van der Waals surface area contributed by atoms with Crippen LogP contribution in [0.4, 0.5) is 0 Å². The highest BCUT2D eigenvalue weighted by Crippen LogP contribution is 2.29. The minimum Gasteiger partial charge on any atom is -0.332 e. The number of hydrogen-bond donors (Lipinski definition) is 1. The number of benzene rings is 1. The van der Waals surface area contributed by atoms with Gasteiger partial charge in [0.2, 0.25) is 0 Å². The van der Waals surface area contributed by atoms with E-state index in [4.69, 9.17) is 10.7 Å². The van der Waals surface area contributed by atoms with Gasteiger partial charge in [0.1, 0.15) is 5.82 Å². The van der Waals surface area contributed by atoms with Gasteiger partial charge < -0.3 is 10.3 Å². The summed E-state index contributed by atoms with van der Waals surface area (Å²) < 4.78 is 2.23. The molecular weight excluding hydrogens is 234 g/mol. The van der Waals surface area contributed by atoms with Crippen LogP contribution in [0.15, 0.2) is 24.4 Å². The molecule has 3 heteroatoms. The summed E-state index contributed by atoms with van der Waals surface area (Å²) in [5, 5.41) is 0. The fourth-order valence-electron chi connectivity index (χ4n) is 2.90. The number of nitrogens with zero attached hydrogens (tertiary/aromatic N) is 2. The Morgan fingerprint density at radius 2 is 2.05 bits per heavy atom. The van der Waals surface area contributed by atoms with E-state index in [-0.39, 0.29) is 6.04 Å². The van der Waals surface area contributed by atoms with Crippen LogP contribution < -0.4 is 5.73 Å². The molecule has 0 radical (unpaired) electrons. The van der Waals surface area contributed by atoms with Crippen LogP contribution in [0.25, 0.3) is 11.3 Å². The average molecular weight is 255 g/mol. The third-order valence-corrected chi connectivity index (χ3v) is 4.14. The van der Waals surface area contributed by atoms with E-state index < -0.39 is 0 Å². The van der Waals surface area contributed by atoms with Crippen molar-refractivity contribution in [1.82, 2.24) is 9.55 Å². The molecule has 2 unspecified atom stereocenters. The lowest BCUT2D eigenvalue weighted by molar-refractivity contribution is 0.407. The first-order valence-electron chi connectivity index (χ1n) is 6.95. The first kappa shape index (κ1) is 12.4. The lowest BCUT2D eigenvalue weighted by atomic mass is 9.98. The van der Waals surface area contributed by atoms with Crippen LogP contribution >= 0.6 is 0 Å². The second-order valence-corrected chi connectivity index (χ2v) is 5.83. The Labute approximate surface area is 114 Å². The Hall–Kier alpha value is -1.61. The molecule has 1 aromatic carbocycles. The summed E-state index contributed by atoms with van der Waals surface area (Å²) in [6.07, 6.45) is 3.18. The number of fused-ring (bicyclic) bond motifs is 1. The lowest BCUT2D eigenvalue weighted by Crippen LogP contribution is -2.33. The summed E-state index contributed by atoms with van der Waals surface area (Å²) in [6, 6.07) is 6.79. The first-order chi connectivity index (χ1) is 9.04. The molecule has 1 aliphatic heterocycles. The minimum absolute atomic E-state index is 0.254. The van der Waals surface area contributed by atoms with Gasteiger partial charge in [0.15, 0.2) is 0 Å². The molecule has 0 saturated heterocycles. The molecule has 0 spiro atoms. The highest BCUT2D eigenvalue weighted by atomic mass is 15.1. The average Bonchev–Trinajstić information content (AvgIpc) is 2.76.